The molecule has 2 aromatic rings. The molecule has 5 nitrogen and oxygen atoms in total. The molecule has 114 valence electrons. The fraction of sp³-hybridized carbons (Fsp3) is 0.188. The molecular weight excluding hydrogens is 285 g/mol. The van der Waals surface area contributed by atoms with Crippen LogP contribution in [0.2, 0.25) is 0 Å². The molecule has 1 aromatic carbocycles. The number of carbonyl (C=O) groups is 2. The Balaban J connectivity index is 2.15. The third kappa shape index (κ3) is 4.12. The molecule has 0 aliphatic rings. The molecule has 0 radical (unpaired) electrons. The number of hydrogen-bond donors (Lipinski definition) is 2. The Bertz CT molecular complexity index is 701. The van der Waals surface area contributed by atoms with Gasteiger partial charge in [0.1, 0.15) is 17.2 Å². The zero-order chi connectivity index (χ0) is 16.1. The Labute approximate surface area is 127 Å². The number of carbonyl (C=O) groups excluding carboxylic acids is 2. The number of nitrogens with zero attached hydrogens (tertiary/aromatic N) is 1. The van der Waals surface area contributed by atoms with Crippen molar-refractivity contribution in [3.8, 4) is 0 Å². The maximum atomic E-state index is 13.1. The second-order valence-corrected chi connectivity index (χ2v) is 5.00. The Morgan fingerprint density at radius 2 is 1.68 bits per heavy atom. The van der Waals surface area contributed by atoms with E-state index in [2.05, 4.69) is 15.6 Å². The molecule has 2 rings (SSSR count). The van der Waals surface area contributed by atoms with Crippen LogP contribution in [0.4, 0.5) is 10.1 Å². The molecule has 1 aromatic heterocycles. The number of benzene rings is 1. The van der Waals surface area contributed by atoms with Gasteiger partial charge in [-0.1, -0.05) is 12.1 Å². The predicted octanol–water partition coefficient (Wildman–Crippen LogP) is 2.61. The minimum Gasteiger partial charge on any atom is -0.349 e. The first-order chi connectivity index (χ1) is 10.5. The Morgan fingerprint density at radius 1 is 1.05 bits per heavy atom. The normalized spacial score (nSPS) is 10.4. The minimum absolute atomic E-state index is 0.0286. The van der Waals surface area contributed by atoms with Gasteiger partial charge in [-0.2, -0.15) is 0 Å². The van der Waals surface area contributed by atoms with Crippen molar-refractivity contribution in [3.05, 3.63) is 59.7 Å². The zero-order valence-electron chi connectivity index (χ0n) is 12.3. The second-order valence-electron chi connectivity index (χ2n) is 5.00. The van der Waals surface area contributed by atoms with Crippen LogP contribution in [0.25, 0.3) is 0 Å². The largest absolute Gasteiger partial charge is 0.349 e. The summed E-state index contributed by atoms with van der Waals surface area (Å²) in [6.45, 7) is 3.66. The lowest BCUT2D eigenvalue weighted by atomic mass is 10.2. The average Bonchev–Trinajstić information content (AvgIpc) is 2.46. The van der Waals surface area contributed by atoms with Crippen LogP contribution < -0.4 is 10.6 Å². The Kier molecular flexibility index (Phi) is 4.83. The van der Waals surface area contributed by atoms with Crippen molar-refractivity contribution in [2.75, 3.05) is 5.32 Å². The zero-order valence-corrected chi connectivity index (χ0v) is 12.3. The summed E-state index contributed by atoms with van der Waals surface area (Å²) in [4.78, 5) is 28.0. The summed E-state index contributed by atoms with van der Waals surface area (Å²) >= 11 is 0. The summed E-state index contributed by atoms with van der Waals surface area (Å²) in [5.74, 6) is -1.31. The van der Waals surface area contributed by atoms with Crippen LogP contribution in [0.15, 0.2) is 42.5 Å². The number of amides is 2. The molecule has 6 heteroatoms. The van der Waals surface area contributed by atoms with Gasteiger partial charge in [0.2, 0.25) is 0 Å². The molecule has 0 fully saturated rings. The van der Waals surface area contributed by atoms with E-state index in [0.29, 0.717) is 5.69 Å². The van der Waals surface area contributed by atoms with E-state index < -0.39 is 11.7 Å². The van der Waals surface area contributed by atoms with Crippen LogP contribution in [0, 0.1) is 5.82 Å². The van der Waals surface area contributed by atoms with Crippen LogP contribution in [0.5, 0.6) is 0 Å². The van der Waals surface area contributed by atoms with Crippen molar-refractivity contribution in [2.24, 2.45) is 0 Å². The first-order valence-electron chi connectivity index (χ1n) is 6.80. The van der Waals surface area contributed by atoms with E-state index in [9.17, 15) is 14.0 Å². The molecule has 2 N–H and O–H groups in total. The van der Waals surface area contributed by atoms with Gasteiger partial charge in [0.15, 0.2) is 0 Å². The molecule has 0 atom stereocenters. The highest BCUT2D eigenvalue weighted by Gasteiger charge is 2.13. The van der Waals surface area contributed by atoms with E-state index in [-0.39, 0.29) is 23.3 Å². The van der Waals surface area contributed by atoms with Gasteiger partial charge in [-0.15, -0.1) is 0 Å². The number of pyridine rings is 1. The molecule has 0 saturated carbocycles. The number of aromatic nitrogens is 1. The second kappa shape index (κ2) is 6.80. The number of anilines is 1. The van der Waals surface area contributed by atoms with Gasteiger partial charge in [0.05, 0.1) is 0 Å². The number of hydrogen-bond acceptors (Lipinski definition) is 3. The SMILES string of the molecule is CC(C)NC(=O)c1cccc(C(=O)Nc2cccc(F)c2)n1. The molecule has 0 spiro atoms. The summed E-state index contributed by atoms with van der Waals surface area (Å²) in [5, 5.41) is 5.23. The molecule has 22 heavy (non-hydrogen) atoms. The Hall–Kier alpha value is -2.76. The average molecular weight is 301 g/mol. The van der Waals surface area contributed by atoms with E-state index in [4.69, 9.17) is 0 Å². The molecule has 0 unspecified atom stereocenters. The highest BCUT2D eigenvalue weighted by molar-refractivity contribution is 6.03. The summed E-state index contributed by atoms with van der Waals surface area (Å²) in [7, 11) is 0. The first kappa shape index (κ1) is 15.6. The molecule has 0 aliphatic carbocycles. The molecule has 0 aliphatic heterocycles. The van der Waals surface area contributed by atoms with E-state index >= 15 is 0 Å². The van der Waals surface area contributed by atoms with E-state index in [1.54, 1.807) is 12.1 Å². The minimum atomic E-state index is -0.509. The van der Waals surface area contributed by atoms with Crippen LogP contribution in [-0.2, 0) is 0 Å². The van der Waals surface area contributed by atoms with Crippen molar-refractivity contribution in [1.29, 1.82) is 0 Å². The molecule has 2 amide bonds. The molecule has 1 heterocycles. The highest BCUT2D eigenvalue weighted by Crippen LogP contribution is 2.11. The molecule has 0 saturated heterocycles. The summed E-state index contributed by atoms with van der Waals surface area (Å²) in [5.41, 5.74) is 0.560. The van der Waals surface area contributed by atoms with Gasteiger partial charge in [-0.05, 0) is 44.2 Å². The fourth-order valence-corrected chi connectivity index (χ4v) is 1.79. The molecular formula is C16H16FN3O2. The van der Waals surface area contributed by atoms with Crippen molar-refractivity contribution in [2.45, 2.75) is 19.9 Å². The maximum absolute atomic E-state index is 13.1. The van der Waals surface area contributed by atoms with E-state index in [1.807, 2.05) is 13.8 Å². The van der Waals surface area contributed by atoms with Gasteiger partial charge in [-0.25, -0.2) is 9.37 Å². The smallest absolute Gasteiger partial charge is 0.274 e. The third-order valence-electron chi connectivity index (χ3n) is 2.72. The lowest BCUT2D eigenvalue weighted by Gasteiger charge is -2.09. The summed E-state index contributed by atoms with van der Waals surface area (Å²) < 4.78 is 13.1. The van der Waals surface area contributed by atoms with Gasteiger partial charge < -0.3 is 10.6 Å². The molecule has 0 bridgehead atoms. The maximum Gasteiger partial charge on any atom is 0.274 e. The predicted molar refractivity (Wildman–Crippen MR) is 81.2 cm³/mol. The quantitative estimate of drug-likeness (QED) is 0.912. The first-order valence-corrected chi connectivity index (χ1v) is 6.80. The van der Waals surface area contributed by atoms with Gasteiger partial charge in [-0.3, -0.25) is 9.59 Å². The standard InChI is InChI=1S/C16H16FN3O2/c1-10(2)18-15(21)13-7-4-8-14(20-13)16(22)19-12-6-3-5-11(17)9-12/h3-10H,1-2H3,(H,18,21)(H,19,22). The van der Waals surface area contributed by atoms with Crippen molar-refractivity contribution < 1.29 is 14.0 Å². The highest BCUT2D eigenvalue weighted by atomic mass is 19.1. The topological polar surface area (TPSA) is 71.1 Å². The lowest BCUT2D eigenvalue weighted by molar-refractivity contribution is 0.0938. The summed E-state index contributed by atoms with van der Waals surface area (Å²) in [6, 6.07) is 10.1. The van der Waals surface area contributed by atoms with Gasteiger partial charge in [0.25, 0.3) is 11.8 Å². The lowest BCUT2D eigenvalue weighted by Crippen LogP contribution is -2.31. The Morgan fingerprint density at radius 3 is 2.32 bits per heavy atom. The monoisotopic (exact) mass is 301 g/mol. The van der Waals surface area contributed by atoms with Crippen LogP contribution in [0.1, 0.15) is 34.8 Å². The third-order valence-corrected chi connectivity index (χ3v) is 2.72. The van der Waals surface area contributed by atoms with E-state index in [1.165, 1.54) is 30.3 Å². The van der Waals surface area contributed by atoms with Crippen molar-refractivity contribution in [1.82, 2.24) is 10.3 Å². The fourth-order valence-electron chi connectivity index (χ4n) is 1.79. The number of rotatable bonds is 4. The van der Waals surface area contributed by atoms with Crippen LogP contribution in [-0.4, -0.2) is 22.8 Å². The number of halogens is 1. The van der Waals surface area contributed by atoms with Crippen LogP contribution in [0.3, 0.4) is 0 Å². The number of nitrogens with one attached hydrogen (secondary N) is 2. The van der Waals surface area contributed by atoms with Gasteiger partial charge in [0, 0.05) is 11.7 Å². The van der Waals surface area contributed by atoms with E-state index in [0.717, 1.165) is 0 Å². The van der Waals surface area contributed by atoms with Crippen LogP contribution >= 0.6 is 0 Å². The van der Waals surface area contributed by atoms with Gasteiger partial charge >= 0.3 is 0 Å². The van der Waals surface area contributed by atoms with Crippen molar-refractivity contribution >= 4 is 17.5 Å². The van der Waals surface area contributed by atoms with Crippen molar-refractivity contribution in [3.63, 3.8) is 0 Å². The summed E-state index contributed by atoms with van der Waals surface area (Å²) in [6.07, 6.45) is 0.